The van der Waals surface area contributed by atoms with Gasteiger partial charge in [0, 0.05) is 24.6 Å². The van der Waals surface area contributed by atoms with Crippen LogP contribution in [0.15, 0.2) is 18.2 Å². The fourth-order valence-electron chi connectivity index (χ4n) is 2.08. The van der Waals surface area contributed by atoms with Gasteiger partial charge in [0.15, 0.2) is 0 Å². The summed E-state index contributed by atoms with van der Waals surface area (Å²) < 4.78 is 5.72. The number of hydrogen-bond acceptors (Lipinski definition) is 4. The maximum Gasteiger partial charge on any atom is 0.274 e. The molecule has 6 nitrogen and oxygen atoms in total. The van der Waals surface area contributed by atoms with E-state index in [1.807, 2.05) is 6.92 Å². The van der Waals surface area contributed by atoms with E-state index in [9.17, 15) is 9.59 Å². The summed E-state index contributed by atoms with van der Waals surface area (Å²) in [5.74, 6) is -0.0375. The Bertz CT molecular complexity index is 521. The quantitative estimate of drug-likeness (QED) is 0.600. The maximum atomic E-state index is 11.5. The third kappa shape index (κ3) is 3.43. The van der Waals surface area contributed by atoms with Gasteiger partial charge in [-0.1, -0.05) is 6.07 Å². The highest BCUT2D eigenvalue weighted by Gasteiger charge is 2.22. The van der Waals surface area contributed by atoms with Crippen molar-refractivity contribution in [1.82, 2.24) is 10.4 Å². The van der Waals surface area contributed by atoms with Crippen molar-refractivity contribution in [3.8, 4) is 5.75 Å². The predicted octanol–water partition coefficient (Wildman–Crippen LogP) is 1.05. The van der Waals surface area contributed by atoms with Gasteiger partial charge in [0.25, 0.3) is 5.91 Å². The molecule has 7 heteroatoms. The molecule has 2 rings (SSSR count). The highest BCUT2D eigenvalue weighted by atomic mass is 32.1. The summed E-state index contributed by atoms with van der Waals surface area (Å²) in [6.45, 7) is 4.34. The molecule has 1 aliphatic rings. The van der Waals surface area contributed by atoms with Crippen LogP contribution < -0.4 is 10.2 Å². The fraction of sp³-hybridized carbons (Fsp3) is 0.385. The second kappa shape index (κ2) is 6.62. The number of carbonyl (C=O) groups excluding carboxylic acids is 2. The molecule has 2 amide bonds. The third-order valence-electron chi connectivity index (χ3n) is 3.04. The van der Waals surface area contributed by atoms with Crippen LogP contribution in [0.5, 0.6) is 5.75 Å². The summed E-state index contributed by atoms with van der Waals surface area (Å²) in [5, 5.41) is 8.62. The molecule has 1 aromatic rings. The van der Waals surface area contributed by atoms with Crippen LogP contribution >= 0.6 is 13.5 Å². The summed E-state index contributed by atoms with van der Waals surface area (Å²) in [6, 6.07) is 4.89. The lowest BCUT2D eigenvalue weighted by Crippen LogP contribution is -2.34. The normalized spacial score (nSPS) is 17.1. The Morgan fingerprint density at radius 1 is 1.45 bits per heavy atom. The molecular weight excluding hydrogens is 280 g/mol. The van der Waals surface area contributed by atoms with E-state index in [1.165, 1.54) is 6.92 Å². The molecule has 0 saturated heterocycles. The first-order valence-corrected chi connectivity index (χ1v) is 6.00. The topological polar surface area (TPSA) is 78.9 Å². The first-order chi connectivity index (χ1) is 9.01. The molecule has 0 aliphatic carbocycles. The van der Waals surface area contributed by atoms with E-state index in [2.05, 4.69) is 0 Å². The van der Waals surface area contributed by atoms with Crippen LogP contribution in [0.1, 0.15) is 29.8 Å². The molecule has 0 aromatic heterocycles. The lowest BCUT2D eigenvalue weighted by atomic mass is 10.1. The van der Waals surface area contributed by atoms with Gasteiger partial charge >= 0.3 is 0 Å². The zero-order chi connectivity index (χ0) is 14.0. The van der Waals surface area contributed by atoms with Crippen LogP contribution in [0.2, 0.25) is 0 Å². The summed E-state index contributed by atoms with van der Waals surface area (Å²) >= 11 is 0. The van der Waals surface area contributed by atoms with Crippen LogP contribution in [0.3, 0.4) is 0 Å². The smallest absolute Gasteiger partial charge is 0.274 e. The average Bonchev–Trinajstić information content (AvgIpc) is 2.54. The number of hydrogen-bond donors (Lipinski definition) is 2. The molecule has 20 heavy (non-hydrogen) atoms. The summed E-state index contributed by atoms with van der Waals surface area (Å²) in [7, 11) is 0. The third-order valence-corrected chi connectivity index (χ3v) is 3.04. The molecule has 0 fully saturated rings. The Morgan fingerprint density at radius 3 is 2.75 bits per heavy atom. The van der Waals surface area contributed by atoms with Crippen LogP contribution in [-0.4, -0.2) is 34.6 Å². The molecule has 2 N–H and O–H groups in total. The van der Waals surface area contributed by atoms with E-state index < -0.39 is 5.91 Å². The number of nitrogens with zero attached hydrogens (tertiary/aromatic N) is 1. The Balaban J connectivity index is 0.00000200. The SMILES string of the molecule is CC(=O)N1Cc2ccc(C(=O)NO)cc2O[C@@H](C)C1.S. The van der Waals surface area contributed by atoms with Crippen LogP contribution in [0.25, 0.3) is 0 Å². The molecular formula is C13H18N2O4S. The molecule has 1 heterocycles. The van der Waals surface area contributed by atoms with Gasteiger partial charge in [-0.3, -0.25) is 14.8 Å². The average molecular weight is 298 g/mol. The van der Waals surface area contributed by atoms with Gasteiger partial charge in [0.2, 0.25) is 5.91 Å². The number of benzene rings is 1. The van der Waals surface area contributed by atoms with Gasteiger partial charge in [-0.2, -0.15) is 13.5 Å². The van der Waals surface area contributed by atoms with E-state index in [4.69, 9.17) is 9.94 Å². The second-order valence-electron chi connectivity index (χ2n) is 4.59. The molecule has 1 aliphatic heterocycles. The first kappa shape index (κ1) is 16.3. The van der Waals surface area contributed by atoms with Crippen molar-refractivity contribution in [1.29, 1.82) is 0 Å². The molecule has 0 unspecified atom stereocenters. The Kier molecular flexibility index (Phi) is 5.41. The minimum atomic E-state index is -0.591. The van der Waals surface area contributed by atoms with Gasteiger partial charge < -0.3 is 9.64 Å². The number of ether oxygens (including phenoxy) is 1. The van der Waals surface area contributed by atoms with Gasteiger partial charge in [-0.15, -0.1) is 0 Å². The number of carbonyl (C=O) groups is 2. The van der Waals surface area contributed by atoms with Crippen molar-refractivity contribution in [2.45, 2.75) is 26.5 Å². The summed E-state index contributed by atoms with van der Waals surface area (Å²) in [5.41, 5.74) is 2.73. The van der Waals surface area contributed by atoms with E-state index >= 15 is 0 Å². The van der Waals surface area contributed by atoms with Crippen LogP contribution in [0.4, 0.5) is 0 Å². The Hall–Kier alpha value is -1.73. The van der Waals surface area contributed by atoms with E-state index in [1.54, 1.807) is 28.6 Å². The largest absolute Gasteiger partial charge is 0.488 e. The van der Waals surface area contributed by atoms with Crippen molar-refractivity contribution in [2.75, 3.05) is 6.54 Å². The van der Waals surface area contributed by atoms with Crippen molar-refractivity contribution in [3.05, 3.63) is 29.3 Å². The monoisotopic (exact) mass is 298 g/mol. The molecule has 0 bridgehead atoms. The lowest BCUT2D eigenvalue weighted by Gasteiger charge is -2.20. The zero-order valence-corrected chi connectivity index (χ0v) is 12.3. The van der Waals surface area contributed by atoms with Gasteiger partial charge in [0.05, 0.1) is 6.54 Å². The summed E-state index contributed by atoms with van der Waals surface area (Å²) in [6.07, 6.45) is -0.155. The molecule has 1 atom stereocenters. The zero-order valence-electron chi connectivity index (χ0n) is 11.3. The van der Waals surface area contributed by atoms with E-state index in [0.717, 1.165) is 5.56 Å². The Labute approximate surface area is 124 Å². The molecule has 0 radical (unpaired) electrons. The highest BCUT2D eigenvalue weighted by Crippen LogP contribution is 2.26. The van der Waals surface area contributed by atoms with Crippen molar-refractivity contribution in [3.63, 3.8) is 0 Å². The van der Waals surface area contributed by atoms with E-state index in [-0.39, 0.29) is 25.5 Å². The van der Waals surface area contributed by atoms with Crippen molar-refractivity contribution >= 4 is 25.3 Å². The van der Waals surface area contributed by atoms with Gasteiger partial charge in [-0.25, -0.2) is 5.48 Å². The molecule has 110 valence electrons. The van der Waals surface area contributed by atoms with Crippen LogP contribution in [0, 0.1) is 0 Å². The van der Waals surface area contributed by atoms with Crippen molar-refractivity contribution < 1.29 is 19.5 Å². The second-order valence-corrected chi connectivity index (χ2v) is 4.59. The number of fused-ring (bicyclic) bond motifs is 1. The highest BCUT2D eigenvalue weighted by molar-refractivity contribution is 7.59. The van der Waals surface area contributed by atoms with Gasteiger partial charge in [0.1, 0.15) is 11.9 Å². The molecule has 1 aromatic carbocycles. The van der Waals surface area contributed by atoms with Crippen molar-refractivity contribution in [2.24, 2.45) is 0 Å². The van der Waals surface area contributed by atoms with E-state index in [0.29, 0.717) is 24.4 Å². The van der Waals surface area contributed by atoms with Gasteiger partial charge in [-0.05, 0) is 19.1 Å². The summed E-state index contributed by atoms with van der Waals surface area (Å²) in [4.78, 5) is 24.6. The number of amides is 2. The van der Waals surface area contributed by atoms with Crippen LogP contribution in [-0.2, 0) is 11.3 Å². The minimum absolute atomic E-state index is 0. The molecule has 0 saturated carbocycles. The Morgan fingerprint density at radius 2 is 2.15 bits per heavy atom. The fourth-order valence-corrected chi connectivity index (χ4v) is 2.08. The standard InChI is InChI=1S/C13H16N2O4.H2S/c1-8-6-15(9(2)16)7-11-4-3-10(13(17)14-18)5-12(11)19-8;/h3-5,8,18H,6-7H2,1-2H3,(H,14,17);1H2/t8-;/m0./s1. The lowest BCUT2D eigenvalue weighted by molar-refractivity contribution is -0.130. The number of rotatable bonds is 1. The predicted molar refractivity (Wildman–Crippen MR) is 77.3 cm³/mol. The number of nitrogens with one attached hydrogen (secondary N) is 1. The minimum Gasteiger partial charge on any atom is -0.488 e. The molecule has 0 spiro atoms. The maximum absolute atomic E-state index is 11.5. The number of hydroxylamine groups is 1. The first-order valence-electron chi connectivity index (χ1n) is 6.00.